The third-order valence-electron chi connectivity index (χ3n) is 2.95. The lowest BCUT2D eigenvalue weighted by molar-refractivity contribution is -0.121. The number of amides is 1. The van der Waals surface area contributed by atoms with E-state index in [4.69, 9.17) is 0 Å². The summed E-state index contributed by atoms with van der Waals surface area (Å²) in [5.74, 6) is 0.0564. The van der Waals surface area contributed by atoms with Crippen LogP contribution in [0.25, 0.3) is 0 Å². The maximum atomic E-state index is 11.6. The number of hydrogen-bond acceptors (Lipinski definition) is 3. The van der Waals surface area contributed by atoms with Gasteiger partial charge in [0.25, 0.3) is 0 Å². The van der Waals surface area contributed by atoms with Gasteiger partial charge in [0.1, 0.15) is 0 Å². The molecule has 0 saturated heterocycles. The summed E-state index contributed by atoms with van der Waals surface area (Å²) in [6.45, 7) is 8.20. The molecule has 2 N–H and O–H groups in total. The van der Waals surface area contributed by atoms with Crippen LogP contribution in [0.5, 0.6) is 0 Å². The Bertz CT molecular complexity index is 346. The molecule has 0 radical (unpaired) electrons. The number of rotatable bonds is 8. The van der Waals surface area contributed by atoms with Crippen molar-refractivity contribution < 1.29 is 4.79 Å². The van der Waals surface area contributed by atoms with Crippen LogP contribution in [0.3, 0.4) is 0 Å². The van der Waals surface area contributed by atoms with Crippen molar-refractivity contribution in [1.29, 1.82) is 0 Å². The molecule has 0 spiro atoms. The van der Waals surface area contributed by atoms with E-state index < -0.39 is 0 Å². The third-order valence-corrected chi connectivity index (χ3v) is 2.95. The first-order valence-electron chi connectivity index (χ1n) is 6.52. The van der Waals surface area contributed by atoms with E-state index in [9.17, 15) is 4.79 Å². The average Bonchev–Trinajstić information content (AvgIpc) is 2.81. The van der Waals surface area contributed by atoms with Gasteiger partial charge in [-0.25, -0.2) is 0 Å². The first-order valence-corrected chi connectivity index (χ1v) is 6.52. The summed E-state index contributed by atoms with van der Waals surface area (Å²) >= 11 is 0. The monoisotopic (exact) mass is 252 g/mol. The molecular formula is C13H24N4O. The van der Waals surface area contributed by atoms with Crippen LogP contribution in [0.15, 0.2) is 18.5 Å². The van der Waals surface area contributed by atoms with Gasteiger partial charge in [-0.3, -0.25) is 9.48 Å². The molecule has 1 aromatic rings. The number of aryl methyl sites for hydroxylation is 1. The van der Waals surface area contributed by atoms with Crippen LogP contribution in [0.2, 0.25) is 0 Å². The molecule has 0 atom stereocenters. The smallest absolute Gasteiger partial charge is 0.234 e. The Kier molecular flexibility index (Phi) is 5.85. The van der Waals surface area contributed by atoms with E-state index in [0.29, 0.717) is 6.54 Å². The zero-order valence-electron chi connectivity index (χ0n) is 11.6. The molecule has 1 rings (SSSR count). The Hall–Kier alpha value is -1.36. The van der Waals surface area contributed by atoms with Crippen molar-refractivity contribution >= 4 is 5.91 Å². The predicted molar refractivity (Wildman–Crippen MR) is 72.2 cm³/mol. The van der Waals surface area contributed by atoms with E-state index in [-0.39, 0.29) is 11.4 Å². The van der Waals surface area contributed by atoms with Crippen LogP contribution >= 0.6 is 0 Å². The lowest BCUT2D eigenvalue weighted by Gasteiger charge is -2.24. The van der Waals surface area contributed by atoms with Crippen molar-refractivity contribution in [3.63, 3.8) is 0 Å². The Labute approximate surface area is 109 Å². The largest absolute Gasteiger partial charge is 0.350 e. The van der Waals surface area contributed by atoms with Crippen molar-refractivity contribution in [2.45, 2.75) is 45.7 Å². The Morgan fingerprint density at radius 1 is 1.44 bits per heavy atom. The minimum Gasteiger partial charge on any atom is -0.350 e. The van der Waals surface area contributed by atoms with E-state index in [1.165, 1.54) is 0 Å². The van der Waals surface area contributed by atoms with Gasteiger partial charge in [-0.2, -0.15) is 5.10 Å². The standard InChI is InChI=1S/C13H24N4O/c1-4-13(2,3)16-12(18)11-14-7-5-9-17-10-6-8-15-17/h6,8,10,14H,4-5,7,9,11H2,1-3H3,(H,16,18). The first-order chi connectivity index (χ1) is 8.53. The second-order valence-corrected chi connectivity index (χ2v) is 5.09. The number of carbonyl (C=O) groups is 1. The van der Waals surface area contributed by atoms with Crippen molar-refractivity contribution in [3.8, 4) is 0 Å². The zero-order valence-corrected chi connectivity index (χ0v) is 11.6. The molecule has 1 aromatic heterocycles. The highest BCUT2D eigenvalue weighted by atomic mass is 16.2. The maximum absolute atomic E-state index is 11.6. The topological polar surface area (TPSA) is 59.0 Å². The van der Waals surface area contributed by atoms with E-state index in [2.05, 4.69) is 22.7 Å². The zero-order chi connectivity index (χ0) is 13.4. The summed E-state index contributed by atoms with van der Waals surface area (Å²) < 4.78 is 1.89. The highest BCUT2D eigenvalue weighted by Gasteiger charge is 2.16. The quantitative estimate of drug-likeness (QED) is 0.683. The lowest BCUT2D eigenvalue weighted by atomic mass is 10.0. The van der Waals surface area contributed by atoms with Crippen molar-refractivity contribution in [2.24, 2.45) is 0 Å². The second kappa shape index (κ2) is 7.16. The number of hydrogen-bond donors (Lipinski definition) is 2. The molecule has 0 unspecified atom stereocenters. The van der Waals surface area contributed by atoms with E-state index >= 15 is 0 Å². The van der Waals surface area contributed by atoms with E-state index in [1.54, 1.807) is 6.20 Å². The van der Waals surface area contributed by atoms with E-state index in [0.717, 1.165) is 25.9 Å². The van der Waals surface area contributed by atoms with Crippen LogP contribution in [0.1, 0.15) is 33.6 Å². The number of nitrogens with one attached hydrogen (secondary N) is 2. The molecule has 5 nitrogen and oxygen atoms in total. The molecule has 0 aliphatic rings. The summed E-state index contributed by atoms with van der Waals surface area (Å²) in [6.07, 6.45) is 5.61. The van der Waals surface area contributed by atoms with Gasteiger partial charge >= 0.3 is 0 Å². The highest BCUT2D eigenvalue weighted by Crippen LogP contribution is 2.05. The van der Waals surface area contributed by atoms with Gasteiger partial charge in [-0.15, -0.1) is 0 Å². The summed E-state index contributed by atoms with van der Waals surface area (Å²) in [5.41, 5.74) is -0.117. The van der Waals surface area contributed by atoms with Crippen molar-refractivity contribution in [3.05, 3.63) is 18.5 Å². The van der Waals surface area contributed by atoms with Gasteiger partial charge in [0, 0.05) is 24.5 Å². The molecular weight excluding hydrogens is 228 g/mol. The predicted octanol–water partition coefficient (Wildman–Crippen LogP) is 1.17. The number of carbonyl (C=O) groups excluding carboxylic acids is 1. The molecule has 0 bridgehead atoms. The van der Waals surface area contributed by atoms with Crippen LogP contribution in [-0.4, -0.2) is 34.3 Å². The fourth-order valence-corrected chi connectivity index (χ4v) is 1.51. The Morgan fingerprint density at radius 2 is 2.22 bits per heavy atom. The highest BCUT2D eigenvalue weighted by molar-refractivity contribution is 5.78. The lowest BCUT2D eigenvalue weighted by Crippen LogP contribution is -2.46. The molecule has 0 saturated carbocycles. The molecule has 18 heavy (non-hydrogen) atoms. The van der Waals surface area contributed by atoms with Crippen LogP contribution < -0.4 is 10.6 Å². The summed E-state index contributed by atoms with van der Waals surface area (Å²) in [5, 5.41) is 10.3. The van der Waals surface area contributed by atoms with Gasteiger partial charge in [0.2, 0.25) is 5.91 Å². The van der Waals surface area contributed by atoms with E-state index in [1.807, 2.05) is 30.8 Å². The molecule has 0 aromatic carbocycles. The molecule has 0 aliphatic carbocycles. The summed E-state index contributed by atoms with van der Waals surface area (Å²) in [6, 6.07) is 1.91. The average molecular weight is 252 g/mol. The van der Waals surface area contributed by atoms with Gasteiger partial charge in [-0.1, -0.05) is 6.92 Å². The summed E-state index contributed by atoms with van der Waals surface area (Å²) in [7, 11) is 0. The minimum atomic E-state index is -0.117. The van der Waals surface area contributed by atoms with Crippen LogP contribution in [-0.2, 0) is 11.3 Å². The van der Waals surface area contributed by atoms with Gasteiger partial charge in [0.15, 0.2) is 0 Å². The molecule has 0 aliphatic heterocycles. The van der Waals surface area contributed by atoms with Crippen molar-refractivity contribution in [2.75, 3.05) is 13.1 Å². The fraction of sp³-hybridized carbons (Fsp3) is 0.692. The van der Waals surface area contributed by atoms with Gasteiger partial charge in [-0.05, 0) is 39.3 Å². The first kappa shape index (κ1) is 14.7. The minimum absolute atomic E-state index is 0.0564. The molecule has 102 valence electrons. The Balaban J connectivity index is 2.05. The molecule has 1 amide bonds. The molecule has 0 fully saturated rings. The molecule has 1 heterocycles. The number of aromatic nitrogens is 2. The maximum Gasteiger partial charge on any atom is 0.234 e. The molecule has 5 heteroatoms. The number of nitrogens with zero attached hydrogens (tertiary/aromatic N) is 2. The van der Waals surface area contributed by atoms with Crippen LogP contribution in [0, 0.1) is 0 Å². The van der Waals surface area contributed by atoms with Crippen molar-refractivity contribution in [1.82, 2.24) is 20.4 Å². The van der Waals surface area contributed by atoms with Gasteiger partial charge in [0.05, 0.1) is 6.54 Å². The van der Waals surface area contributed by atoms with Crippen LogP contribution in [0.4, 0.5) is 0 Å². The fourth-order valence-electron chi connectivity index (χ4n) is 1.51. The van der Waals surface area contributed by atoms with Gasteiger partial charge < -0.3 is 10.6 Å². The normalized spacial score (nSPS) is 11.5. The third kappa shape index (κ3) is 5.82. The Morgan fingerprint density at radius 3 is 2.83 bits per heavy atom. The SMILES string of the molecule is CCC(C)(C)NC(=O)CNCCCn1cccn1. The second-order valence-electron chi connectivity index (χ2n) is 5.09. The summed E-state index contributed by atoms with van der Waals surface area (Å²) in [4.78, 5) is 11.6.